The Kier molecular flexibility index (Phi) is 7.02. The van der Waals surface area contributed by atoms with E-state index in [1.807, 2.05) is 60.7 Å². The summed E-state index contributed by atoms with van der Waals surface area (Å²) in [6.07, 6.45) is 0. The molecule has 4 rings (SSSR count). The first-order valence-corrected chi connectivity index (χ1v) is 11.4. The number of halogens is 3. The van der Waals surface area contributed by atoms with Crippen molar-refractivity contribution in [1.29, 1.82) is 0 Å². The fourth-order valence-electron chi connectivity index (χ4n) is 3.85. The Morgan fingerprint density at radius 2 is 1.56 bits per heavy atom. The third-order valence-electron chi connectivity index (χ3n) is 5.58. The van der Waals surface area contributed by atoms with Crippen molar-refractivity contribution in [3.63, 3.8) is 0 Å². The van der Waals surface area contributed by atoms with Gasteiger partial charge in [0, 0.05) is 10.0 Å². The normalized spacial score (nSPS) is 17.9. The number of benzene rings is 3. The molecule has 0 fully saturated rings. The van der Waals surface area contributed by atoms with E-state index in [9.17, 15) is 4.39 Å². The van der Waals surface area contributed by atoms with Gasteiger partial charge in [0.1, 0.15) is 30.9 Å². The fraction of sp³-hybridized carbons (Fsp3) is 0.269. The lowest BCUT2D eigenvalue weighted by molar-refractivity contribution is 0.272. The molecule has 6 heteroatoms. The molecular weight excluding hydrogens is 446 g/mol. The first kappa shape index (κ1) is 22.6. The van der Waals surface area contributed by atoms with Gasteiger partial charge in [-0.25, -0.2) is 4.39 Å². The van der Waals surface area contributed by atoms with Crippen LogP contribution in [0.25, 0.3) is 0 Å². The van der Waals surface area contributed by atoms with E-state index in [0.29, 0.717) is 27.5 Å². The van der Waals surface area contributed by atoms with Crippen LogP contribution in [0.15, 0.2) is 71.7 Å². The van der Waals surface area contributed by atoms with Crippen molar-refractivity contribution in [2.24, 2.45) is 4.99 Å². The Labute approximate surface area is 198 Å². The molecule has 1 heterocycles. The highest BCUT2D eigenvalue weighted by molar-refractivity contribution is 6.30. The van der Waals surface area contributed by atoms with Gasteiger partial charge >= 0.3 is 0 Å². The highest BCUT2D eigenvalue weighted by Crippen LogP contribution is 2.39. The van der Waals surface area contributed by atoms with E-state index < -0.39 is 6.67 Å². The second kappa shape index (κ2) is 9.93. The van der Waals surface area contributed by atoms with E-state index in [1.165, 1.54) is 0 Å². The van der Waals surface area contributed by atoms with E-state index in [4.69, 9.17) is 32.9 Å². The van der Waals surface area contributed by atoms with E-state index >= 15 is 0 Å². The monoisotopic (exact) mass is 470 g/mol. The molecule has 0 saturated heterocycles. The van der Waals surface area contributed by atoms with Crippen LogP contribution in [0.3, 0.4) is 0 Å². The molecule has 0 aliphatic carbocycles. The predicted octanol–water partition coefficient (Wildman–Crippen LogP) is 7.30. The number of aliphatic imine (C=N–C) groups is 1. The summed E-state index contributed by atoms with van der Waals surface area (Å²) in [5.41, 5.74) is 4.06. The molecule has 3 nitrogen and oxygen atoms in total. The topological polar surface area (TPSA) is 33.6 Å². The van der Waals surface area contributed by atoms with Crippen LogP contribution in [0.2, 0.25) is 10.0 Å². The molecule has 0 saturated carbocycles. The van der Waals surface area contributed by atoms with Gasteiger partial charge < -0.3 is 10.1 Å². The summed E-state index contributed by atoms with van der Waals surface area (Å²) in [5, 5.41) is 4.93. The van der Waals surface area contributed by atoms with Gasteiger partial charge in [-0.1, -0.05) is 67.4 Å². The molecule has 3 aromatic carbocycles. The molecule has 166 valence electrons. The average molecular weight is 471 g/mol. The van der Waals surface area contributed by atoms with E-state index in [1.54, 1.807) is 0 Å². The Morgan fingerprint density at radius 1 is 0.938 bits per heavy atom. The minimum Gasteiger partial charge on any atom is -0.490 e. The molecular formula is C26H25Cl2FN2O. The summed E-state index contributed by atoms with van der Waals surface area (Å²) >= 11 is 12.2. The number of alkyl halides is 1. The minimum atomic E-state index is -0.550. The number of rotatable bonds is 7. The smallest absolute Gasteiger partial charge is 0.133 e. The van der Waals surface area contributed by atoms with E-state index in [2.05, 4.69) is 25.2 Å². The highest BCUT2D eigenvalue weighted by atomic mass is 35.5. The largest absolute Gasteiger partial charge is 0.490 e. The van der Waals surface area contributed by atoms with Crippen molar-refractivity contribution in [1.82, 2.24) is 5.32 Å². The second-order valence-electron chi connectivity index (χ2n) is 8.10. The van der Waals surface area contributed by atoms with Gasteiger partial charge in [-0.15, -0.1) is 0 Å². The van der Waals surface area contributed by atoms with Gasteiger partial charge in [0.15, 0.2) is 0 Å². The van der Waals surface area contributed by atoms with Gasteiger partial charge in [0.25, 0.3) is 0 Å². The number of amidine groups is 1. The lowest BCUT2D eigenvalue weighted by atomic mass is 9.95. The van der Waals surface area contributed by atoms with Crippen molar-refractivity contribution < 1.29 is 9.13 Å². The van der Waals surface area contributed by atoms with Crippen LogP contribution >= 0.6 is 23.2 Å². The maximum Gasteiger partial charge on any atom is 0.133 e. The number of ether oxygens (including phenoxy) is 1. The fourth-order valence-corrected chi connectivity index (χ4v) is 4.10. The van der Waals surface area contributed by atoms with Crippen molar-refractivity contribution in [2.75, 3.05) is 13.3 Å². The highest BCUT2D eigenvalue weighted by Gasteiger charge is 2.33. The molecule has 0 bridgehead atoms. The van der Waals surface area contributed by atoms with Crippen LogP contribution < -0.4 is 10.1 Å². The number of nitrogens with one attached hydrogen (secondary N) is 1. The third-order valence-corrected chi connectivity index (χ3v) is 6.08. The van der Waals surface area contributed by atoms with Crippen LogP contribution in [-0.2, 0) is 0 Å². The standard InChI is InChI=1S/C26H25Cl2FN2O/c1-16(2)19-7-12-22(23(15-19)32-14-13-29)26-30-24(17-3-8-20(27)9-4-17)25(31-26)18-5-10-21(28)11-6-18/h3-12,15-16,24-25H,13-14H2,1-2H3,(H,30,31)/t24-,25+. The van der Waals surface area contributed by atoms with E-state index in [-0.39, 0.29) is 18.7 Å². The zero-order chi connectivity index (χ0) is 22.7. The maximum absolute atomic E-state index is 12.9. The van der Waals surface area contributed by atoms with Crippen molar-refractivity contribution in [3.05, 3.63) is 99.0 Å². The van der Waals surface area contributed by atoms with Gasteiger partial charge in [-0.3, -0.25) is 4.99 Å². The van der Waals surface area contributed by atoms with Crippen LogP contribution in [0.4, 0.5) is 4.39 Å². The molecule has 0 radical (unpaired) electrons. The van der Waals surface area contributed by atoms with Crippen molar-refractivity contribution >= 4 is 29.0 Å². The van der Waals surface area contributed by atoms with Gasteiger partial charge in [-0.05, 0) is 59.0 Å². The summed E-state index contributed by atoms with van der Waals surface area (Å²) in [6.45, 7) is 3.69. The molecule has 32 heavy (non-hydrogen) atoms. The average Bonchev–Trinajstić information content (AvgIpc) is 3.23. The van der Waals surface area contributed by atoms with Crippen molar-refractivity contribution in [3.8, 4) is 5.75 Å². The number of nitrogens with zero attached hydrogens (tertiary/aromatic N) is 1. The van der Waals surface area contributed by atoms with Crippen LogP contribution in [0.5, 0.6) is 5.75 Å². The van der Waals surface area contributed by atoms with Crippen LogP contribution in [0, 0.1) is 0 Å². The summed E-state index contributed by atoms with van der Waals surface area (Å²) < 4.78 is 18.7. The summed E-state index contributed by atoms with van der Waals surface area (Å²) in [7, 11) is 0. The third kappa shape index (κ3) is 4.92. The zero-order valence-electron chi connectivity index (χ0n) is 18.0. The van der Waals surface area contributed by atoms with Crippen molar-refractivity contribution in [2.45, 2.75) is 31.8 Å². The summed E-state index contributed by atoms with van der Waals surface area (Å²) in [6, 6.07) is 21.3. The lowest BCUT2D eigenvalue weighted by Gasteiger charge is -2.20. The number of hydrogen-bond acceptors (Lipinski definition) is 3. The summed E-state index contributed by atoms with van der Waals surface area (Å²) in [4.78, 5) is 5.04. The molecule has 3 aromatic rings. The summed E-state index contributed by atoms with van der Waals surface area (Å²) in [5.74, 6) is 1.68. The van der Waals surface area contributed by atoms with Crippen LogP contribution in [0.1, 0.15) is 54.1 Å². The van der Waals surface area contributed by atoms with Gasteiger partial charge in [0.2, 0.25) is 0 Å². The van der Waals surface area contributed by atoms with Gasteiger partial charge in [0.05, 0.1) is 11.6 Å². The molecule has 2 atom stereocenters. The zero-order valence-corrected chi connectivity index (χ0v) is 19.5. The first-order valence-electron chi connectivity index (χ1n) is 10.6. The van der Waals surface area contributed by atoms with E-state index in [0.717, 1.165) is 22.3 Å². The predicted molar refractivity (Wildman–Crippen MR) is 130 cm³/mol. The Hall–Kier alpha value is -2.56. The Balaban J connectivity index is 1.76. The maximum atomic E-state index is 12.9. The Bertz CT molecular complexity index is 1100. The molecule has 0 aromatic heterocycles. The molecule has 1 N–H and O–H groups in total. The quantitative estimate of drug-likeness (QED) is 0.392. The molecule has 0 unspecified atom stereocenters. The molecule has 1 aliphatic heterocycles. The second-order valence-corrected chi connectivity index (χ2v) is 8.97. The van der Waals surface area contributed by atoms with Gasteiger partial charge in [-0.2, -0.15) is 0 Å². The minimum absolute atomic E-state index is 0.00303. The number of hydrogen-bond donors (Lipinski definition) is 1. The van der Waals surface area contributed by atoms with Crippen LogP contribution in [-0.4, -0.2) is 19.1 Å². The molecule has 0 amide bonds. The molecule has 1 aliphatic rings. The lowest BCUT2D eigenvalue weighted by Crippen LogP contribution is -2.25. The Morgan fingerprint density at radius 3 is 2.16 bits per heavy atom. The first-order chi connectivity index (χ1) is 15.5. The molecule has 0 spiro atoms. The SMILES string of the molecule is CC(C)c1ccc(C2=N[C@@H](c3ccc(Cl)cc3)[C@@H](c3ccc(Cl)cc3)N2)c(OCCF)c1.